The number of fused-ring (bicyclic) bond motifs is 2. The van der Waals surface area contributed by atoms with Gasteiger partial charge in [0.05, 0.1) is 0 Å². The van der Waals surface area contributed by atoms with Crippen LogP contribution in [-0.2, 0) is 11.3 Å². The summed E-state index contributed by atoms with van der Waals surface area (Å²) in [4.78, 5) is 40.8. The van der Waals surface area contributed by atoms with Crippen LogP contribution in [-0.4, -0.2) is 49.5 Å². The Labute approximate surface area is 192 Å². The molecule has 1 aliphatic carbocycles. The van der Waals surface area contributed by atoms with Crippen LogP contribution in [0.15, 0.2) is 59.5 Å². The average molecular weight is 448 g/mol. The highest BCUT2D eigenvalue weighted by molar-refractivity contribution is 5.98. The molecule has 0 bridgehead atoms. The first-order valence-electron chi connectivity index (χ1n) is 11.8. The van der Waals surface area contributed by atoms with Crippen LogP contribution in [0.1, 0.15) is 48.9 Å². The number of carbonyl (C=O) groups is 2. The number of hydrogen-bond donors (Lipinski definition) is 1. The summed E-state index contributed by atoms with van der Waals surface area (Å²) in [6.07, 6.45) is 7.30. The molecule has 1 N–H and O–H groups in total. The maximum absolute atomic E-state index is 13.4. The fourth-order valence-corrected chi connectivity index (χ4v) is 5.39. The van der Waals surface area contributed by atoms with Crippen molar-refractivity contribution in [1.29, 1.82) is 0 Å². The van der Waals surface area contributed by atoms with E-state index >= 15 is 0 Å². The van der Waals surface area contributed by atoms with Gasteiger partial charge in [0.1, 0.15) is 6.04 Å². The lowest BCUT2D eigenvalue weighted by Crippen LogP contribution is -2.49. The third kappa shape index (κ3) is 4.17. The van der Waals surface area contributed by atoms with Crippen LogP contribution in [0.25, 0.3) is 5.65 Å². The van der Waals surface area contributed by atoms with E-state index in [1.165, 1.54) is 9.08 Å². The number of aromatic nitrogens is 3. The van der Waals surface area contributed by atoms with Crippen molar-refractivity contribution >= 4 is 17.5 Å². The Morgan fingerprint density at radius 2 is 1.82 bits per heavy atom. The van der Waals surface area contributed by atoms with Gasteiger partial charge in [0.2, 0.25) is 5.91 Å². The molecule has 2 fully saturated rings. The van der Waals surface area contributed by atoms with Gasteiger partial charge < -0.3 is 10.2 Å². The highest BCUT2D eigenvalue weighted by Crippen LogP contribution is 2.40. The summed E-state index contributed by atoms with van der Waals surface area (Å²) in [6, 6.07) is 14.4. The highest BCUT2D eigenvalue weighted by atomic mass is 16.2. The van der Waals surface area contributed by atoms with Gasteiger partial charge >= 0.3 is 5.69 Å². The summed E-state index contributed by atoms with van der Waals surface area (Å²) in [5, 5.41) is 7.34. The van der Waals surface area contributed by atoms with Crippen LogP contribution in [0, 0.1) is 5.92 Å². The van der Waals surface area contributed by atoms with E-state index in [1.807, 2.05) is 41.3 Å². The van der Waals surface area contributed by atoms with Crippen LogP contribution in [0.5, 0.6) is 0 Å². The number of aryl methyl sites for hydroxylation is 1. The number of carbonyl (C=O) groups excluding carboxylic acids is 2. The molecule has 1 saturated heterocycles. The van der Waals surface area contributed by atoms with E-state index in [1.54, 1.807) is 18.3 Å². The normalized spacial score (nSPS) is 22.3. The van der Waals surface area contributed by atoms with Gasteiger partial charge in [-0.15, -0.1) is 5.10 Å². The Kier molecular flexibility index (Phi) is 5.98. The smallest absolute Gasteiger partial charge is 0.350 e. The minimum absolute atomic E-state index is 0.0543. The number of rotatable bonds is 6. The van der Waals surface area contributed by atoms with E-state index in [9.17, 15) is 14.4 Å². The summed E-state index contributed by atoms with van der Waals surface area (Å²) < 4.78 is 2.93. The SMILES string of the molecule is O=C(NCCCn1nc2ccccn2c1=O)C1CC2CCCCC2N1C(=O)c1ccccc1. The number of amides is 2. The van der Waals surface area contributed by atoms with Crippen molar-refractivity contribution in [1.82, 2.24) is 24.4 Å². The van der Waals surface area contributed by atoms with Crippen LogP contribution >= 0.6 is 0 Å². The molecule has 0 spiro atoms. The molecule has 1 aliphatic heterocycles. The van der Waals surface area contributed by atoms with Gasteiger partial charge in [-0.3, -0.25) is 14.0 Å². The van der Waals surface area contributed by atoms with E-state index in [0.717, 1.165) is 32.1 Å². The van der Waals surface area contributed by atoms with Crippen LogP contribution in [0.4, 0.5) is 0 Å². The molecule has 172 valence electrons. The molecule has 3 heterocycles. The topological polar surface area (TPSA) is 88.7 Å². The Morgan fingerprint density at radius 1 is 1.03 bits per heavy atom. The second-order valence-corrected chi connectivity index (χ2v) is 9.02. The number of hydrogen-bond acceptors (Lipinski definition) is 4. The average Bonchev–Trinajstić information content (AvgIpc) is 3.40. The van der Waals surface area contributed by atoms with Crippen LogP contribution in [0.2, 0.25) is 0 Å². The van der Waals surface area contributed by atoms with Crippen LogP contribution in [0.3, 0.4) is 0 Å². The third-order valence-corrected chi connectivity index (χ3v) is 6.98. The summed E-state index contributed by atoms with van der Waals surface area (Å²) in [6.45, 7) is 0.849. The lowest BCUT2D eigenvalue weighted by Gasteiger charge is -2.33. The zero-order chi connectivity index (χ0) is 22.8. The van der Waals surface area contributed by atoms with E-state index in [-0.39, 0.29) is 23.5 Å². The lowest BCUT2D eigenvalue weighted by molar-refractivity contribution is -0.125. The maximum Gasteiger partial charge on any atom is 0.350 e. The lowest BCUT2D eigenvalue weighted by atomic mass is 9.84. The van der Waals surface area contributed by atoms with Crippen LogP contribution < -0.4 is 11.0 Å². The van der Waals surface area contributed by atoms with E-state index < -0.39 is 6.04 Å². The maximum atomic E-state index is 13.4. The Bertz CT molecular complexity index is 1200. The van der Waals surface area contributed by atoms with Crippen molar-refractivity contribution in [2.75, 3.05) is 6.54 Å². The minimum atomic E-state index is -0.441. The fraction of sp³-hybridized carbons (Fsp3) is 0.440. The first-order chi connectivity index (χ1) is 16.1. The molecule has 1 saturated carbocycles. The quantitative estimate of drug-likeness (QED) is 0.588. The Morgan fingerprint density at radius 3 is 2.64 bits per heavy atom. The minimum Gasteiger partial charge on any atom is -0.354 e. The van der Waals surface area contributed by atoms with Crippen molar-refractivity contribution in [3.8, 4) is 0 Å². The van der Waals surface area contributed by atoms with E-state index in [0.29, 0.717) is 36.6 Å². The molecule has 5 rings (SSSR count). The molecule has 3 aromatic rings. The summed E-state index contributed by atoms with van der Waals surface area (Å²) >= 11 is 0. The van der Waals surface area contributed by atoms with Gasteiger partial charge in [0, 0.05) is 30.9 Å². The van der Waals surface area contributed by atoms with Crippen molar-refractivity contribution in [2.45, 2.75) is 57.2 Å². The fourth-order valence-electron chi connectivity index (χ4n) is 5.39. The molecular weight excluding hydrogens is 418 g/mol. The number of pyridine rings is 1. The van der Waals surface area contributed by atoms with Gasteiger partial charge in [-0.2, -0.15) is 0 Å². The zero-order valence-corrected chi connectivity index (χ0v) is 18.6. The number of likely N-dealkylation sites (tertiary alicyclic amines) is 1. The molecule has 2 aliphatic rings. The summed E-state index contributed by atoms with van der Waals surface area (Å²) in [7, 11) is 0. The van der Waals surface area contributed by atoms with Gasteiger partial charge in [-0.25, -0.2) is 9.48 Å². The predicted octanol–water partition coefficient (Wildman–Crippen LogP) is 2.48. The first kappa shape index (κ1) is 21.4. The third-order valence-electron chi connectivity index (χ3n) is 6.98. The summed E-state index contributed by atoms with van der Waals surface area (Å²) in [5.41, 5.74) is 1.05. The first-order valence-corrected chi connectivity index (χ1v) is 11.8. The molecule has 3 atom stereocenters. The number of nitrogens with one attached hydrogen (secondary N) is 1. The number of benzene rings is 1. The van der Waals surface area contributed by atoms with Crippen molar-refractivity contribution in [2.24, 2.45) is 5.92 Å². The molecular formula is C25H29N5O3. The molecule has 8 nitrogen and oxygen atoms in total. The van der Waals surface area contributed by atoms with Gasteiger partial charge in [-0.1, -0.05) is 37.1 Å². The zero-order valence-electron chi connectivity index (χ0n) is 18.6. The predicted molar refractivity (Wildman–Crippen MR) is 124 cm³/mol. The molecule has 33 heavy (non-hydrogen) atoms. The molecule has 2 amide bonds. The summed E-state index contributed by atoms with van der Waals surface area (Å²) in [5.74, 6) is 0.233. The van der Waals surface area contributed by atoms with Crippen molar-refractivity contribution in [3.63, 3.8) is 0 Å². The molecule has 0 radical (unpaired) electrons. The number of nitrogens with zero attached hydrogens (tertiary/aromatic N) is 4. The largest absolute Gasteiger partial charge is 0.354 e. The molecule has 3 unspecified atom stereocenters. The molecule has 1 aromatic carbocycles. The van der Waals surface area contributed by atoms with Gasteiger partial charge in [-0.05, 0) is 55.9 Å². The highest BCUT2D eigenvalue weighted by Gasteiger charge is 2.47. The van der Waals surface area contributed by atoms with Gasteiger partial charge in [0.25, 0.3) is 5.91 Å². The molecule has 8 heteroatoms. The second-order valence-electron chi connectivity index (χ2n) is 9.02. The van der Waals surface area contributed by atoms with Crippen molar-refractivity contribution in [3.05, 3.63) is 70.8 Å². The van der Waals surface area contributed by atoms with Gasteiger partial charge in [0.15, 0.2) is 5.65 Å². The van der Waals surface area contributed by atoms with E-state index in [2.05, 4.69) is 10.4 Å². The van der Waals surface area contributed by atoms with Crippen molar-refractivity contribution < 1.29 is 9.59 Å². The molecule has 2 aromatic heterocycles. The second kappa shape index (κ2) is 9.21. The standard InChI is InChI=1S/C25H29N5O3/c31-23(26-14-8-16-29-25(33)28-15-7-6-13-22(28)27-29)21-17-19-11-4-5-12-20(19)30(21)24(32)18-9-2-1-3-10-18/h1-3,6-7,9-10,13,15,19-21H,4-5,8,11-12,14,16-17H2,(H,26,31). The monoisotopic (exact) mass is 447 g/mol. The Balaban J connectivity index is 1.24. The Hall–Kier alpha value is -3.42. The van der Waals surface area contributed by atoms with E-state index in [4.69, 9.17) is 0 Å².